The lowest BCUT2D eigenvalue weighted by Crippen LogP contribution is -2.30. The van der Waals surface area contributed by atoms with Crippen molar-refractivity contribution >= 4 is 39.8 Å². The van der Waals surface area contributed by atoms with Crippen LogP contribution < -0.4 is 4.90 Å². The molecule has 0 saturated carbocycles. The lowest BCUT2D eigenvalue weighted by Gasteiger charge is -2.20. The van der Waals surface area contributed by atoms with Crippen molar-refractivity contribution in [2.24, 2.45) is 0 Å². The van der Waals surface area contributed by atoms with E-state index in [4.69, 9.17) is 11.6 Å². The van der Waals surface area contributed by atoms with Gasteiger partial charge in [-0.3, -0.25) is 4.79 Å². The Kier molecular flexibility index (Phi) is 3.47. The fourth-order valence-electron chi connectivity index (χ4n) is 3.03. The molecule has 0 radical (unpaired) electrons. The van der Waals surface area contributed by atoms with Gasteiger partial charge in [0.1, 0.15) is 5.03 Å². The number of carbonyl (C=O) groups excluding carboxylic acids is 1. The minimum atomic E-state index is -0.256. The smallest absolute Gasteiger partial charge is 0.272 e. The van der Waals surface area contributed by atoms with Gasteiger partial charge in [-0.2, -0.15) is 5.10 Å². The predicted octanol–water partition coefficient (Wildman–Crippen LogP) is 4.02. The third-order valence-electron chi connectivity index (χ3n) is 4.07. The fraction of sp³-hybridized carbons (Fsp3) is 0.0526. The van der Waals surface area contributed by atoms with Crippen molar-refractivity contribution in [2.75, 3.05) is 11.4 Å². The van der Waals surface area contributed by atoms with Crippen LogP contribution in [0.1, 0.15) is 5.56 Å². The van der Waals surface area contributed by atoms with Crippen molar-refractivity contribution in [3.8, 4) is 0 Å². The SMILES string of the molecule is C=CCN1C(=O)C(Cl)=C(c2ccccc2)n2ncc3cccc1c32. The molecule has 4 rings (SSSR count). The van der Waals surface area contributed by atoms with Crippen molar-refractivity contribution in [1.29, 1.82) is 0 Å². The van der Waals surface area contributed by atoms with Gasteiger partial charge in [0.25, 0.3) is 5.91 Å². The lowest BCUT2D eigenvalue weighted by molar-refractivity contribution is -0.114. The normalized spacial score (nSPS) is 14.2. The molecule has 24 heavy (non-hydrogen) atoms. The molecule has 3 aromatic rings. The second kappa shape index (κ2) is 5.65. The van der Waals surface area contributed by atoms with Gasteiger partial charge in [0, 0.05) is 17.5 Å². The molecule has 2 aromatic carbocycles. The third-order valence-corrected chi connectivity index (χ3v) is 4.41. The summed E-state index contributed by atoms with van der Waals surface area (Å²) >= 11 is 6.53. The Labute approximate surface area is 144 Å². The molecular formula is C19H14ClN3O. The summed E-state index contributed by atoms with van der Waals surface area (Å²) in [6.07, 6.45) is 3.48. The average Bonchev–Trinajstić information content (AvgIpc) is 3.01. The van der Waals surface area contributed by atoms with Crippen molar-refractivity contribution in [3.63, 3.8) is 0 Å². The summed E-state index contributed by atoms with van der Waals surface area (Å²) in [6, 6.07) is 15.4. The summed E-state index contributed by atoms with van der Waals surface area (Å²) in [5, 5.41) is 5.59. The highest BCUT2D eigenvalue weighted by Gasteiger charge is 2.30. The monoisotopic (exact) mass is 335 g/mol. The van der Waals surface area contributed by atoms with E-state index in [1.165, 1.54) is 0 Å². The van der Waals surface area contributed by atoms with E-state index in [-0.39, 0.29) is 10.9 Å². The Balaban J connectivity index is 2.10. The van der Waals surface area contributed by atoms with Crippen LogP contribution in [0.25, 0.3) is 16.6 Å². The number of benzene rings is 2. The molecular weight excluding hydrogens is 322 g/mol. The van der Waals surface area contributed by atoms with Gasteiger partial charge in [0.05, 0.1) is 23.1 Å². The maximum absolute atomic E-state index is 13.0. The van der Waals surface area contributed by atoms with E-state index in [9.17, 15) is 4.79 Å². The van der Waals surface area contributed by atoms with Crippen LogP contribution in [0.3, 0.4) is 0 Å². The van der Waals surface area contributed by atoms with Gasteiger partial charge in [0.15, 0.2) is 0 Å². The first-order chi connectivity index (χ1) is 11.7. The van der Waals surface area contributed by atoms with E-state index < -0.39 is 0 Å². The summed E-state index contributed by atoms with van der Waals surface area (Å²) in [5.41, 5.74) is 3.08. The van der Waals surface area contributed by atoms with Crippen LogP contribution in [-0.2, 0) is 4.79 Å². The maximum Gasteiger partial charge on any atom is 0.272 e. The number of anilines is 1. The zero-order valence-corrected chi connectivity index (χ0v) is 13.6. The van der Waals surface area contributed by atoms with Crippen molar-refractivity contribution in [1.82, 2.24) is 9.78 Å². The zero-order valence-electron chi connectivity index (χ0n) is 12.8. The number of amides is 1. The molecule has 0 spiro atoms. The number of halogens is 1. The second-order valence-corrected chi connectivity index (χ2v) is 5.88. The maximum atomic E-state index is 13.0. The number of hydrogen-bond donors (Lipinski definition) is 0. The van der Waals surface area contributed by atoms with Gasteiger partial charge in [-0.15, -0.1) is 6.58 Å². The molecule has 0 atom stereocenters. The first-order valence-corrected chi connectivity index (χ1v) is 7.95. The standard InChI is InChI=1S/C19H14ClN3O/c1-2-11-22-15-10-6-9-14-12-21-23(17(14)15)18(16(20)19(22)24)13-7-4-3-5-8-13/h2-10,12H,1,11H2. The van der Waals surface area contributed by atoms with E-state index >= 15 is 0 Å². The van der Waals surface area contributed by atoms with Crippen molar-refractivity contribution < 1.29 is 4.79 Å². The molecule has 0 fully saturated rings. The average molecular weight is 336 g/mol. The van der Waals surface area contributed by atoms with Crippen LogP contribution in [0, 0.1) is 0 Å². The Bertz CT molecular complexity index is 988. The van der Waals surface area contributed by atoms with Gasteiger partial charge in [0.2, 0.25) is 0 Å². The Morgan fingerprint density at radius 3 is 2.67 bits per heavy atom. The number of para-hydroxylation sites is 1. The fourth-order valence-corrected chi connectivity index (χ4v) is 3.32. The Hall–Kier alpha value is -2.85. The van der Waals surface area contributed by atoms with E-state index in [2.05, 4.69) is 11.7 Å². The first kappa shape index (κ1) is 14.7. The van der Waals surface area contributed by atoms with Crippen LogP contribution in [0.15, 0.2) is 72.4 Å². The van der Waals surface area contributed by atoms with Crippen LogP contribution in [0.2, 0.25) is 0 Å². The van der Waals surface area contributed by atoms with E-state index in [0.717, 1.165) is 22.2 Å². The quantitative estimate of drug-likeness (QED) is 0.678. The molecule has 1 aliphatic rings. The zero-order chi connectivity index (χ0) is 16.7. The molecule has 0 saturated heterocycles. The van der Waals surface area contributed by atoms with Crippen molar-refractivity contribution in [3.05, 3.63) is 78.0 Å². The van der Waals surface area contributed by atoms with E-state index in [0.29, 0.717) is 12.2 Å². The number of carbonyl (C=O) groups is 1. The number of rotatable bonds is 3. The molecule has 2 heterocycles. The van der Waals surface area contributed by atoms with E-state index in [1.807, 2.05) is 48.5 Å². The van der Waals surface area contributed by atoms with Gasteiger partial charge >= 0.3 is 0 Å². The number of aromatic nitrogens is 2. The lowest BCUT2D eigenvalue weighted by atomic mass is 10.1. The molecule has 118 valence electrons. The van der Waals surface area contributed by atoms with Crippen molar-refractivity contribution in [2.45, 2.75) is 0 Å². The molecule has 0 unspecified atom stereocenters. The van der Waals surface area contributed by atoms with Crippen LogP contribution >= 0.6 is 11.6 Å². The molecule has 1 aromatic heterocycles. The van der Waals surface area contributed by atoms with Crippen LogP contribution in [0.5, 0.6) is 0 Å². The highest BCUT2D eigenvalue weighted by Crippen LogP contribution is 2.37. The largest absolute Gasteiger partial charge is 0.302 e. The third kappa shape index (κ3) is 2.07. The summed E-state index contributed by atoms with van der Waals surface area (Å²) in [5.74, 6) is -0.256. The Morgan fingerprint density at radius 1 is 1.12 bits per heavy atom. The predicted molar refractivity (Wildman–Crippen MR) is 96.9 cm³/mol. The second-order valence-electron chi connectivity index (χ2n) is 5.50. The minimum absolute atomic E-state index is 0.143. The number of hydrogen-bond acceptors (Lipinski definition) is 2. The molecule has 0 N–H and O–H groups in total. The highest BCUT2D eigenvalue weighted by atomic mass is 35.5. The van der Waals surface area contributed by atoms with E-state index in [1.54, 1.807) is 21.9 Å². The summed E-state index contributed by atoms with van der Waals surface area (Å²) in [6.45, 7) is 4.13. The molecule has 5 heteroatoms. The molecule has 4 nitrogen and oxygen atoms in total. The Morgan fingerprint density at radius 2 is 1.92 bits per heavy atom. The first-order valence-electron chi connectivity index (χ1n) is 7.57. The highest BCUT2D eigenvalue weighted by molar-refractivity contribution is 6.47. The summed E-state index contributed by atoms with van der Waals surface area (Å²) < 4.78 is 1.75. The summed E-state index contributed by atoms with van der Waals surface area (Å²) in [4.78, 5) is 14.6. The van der Waals surface area contributed by atoms with Gasteiger partial charge < -0.3 is 4.90 Å². The van der Waals surface area contributed by atoms with Crippen LogP contribution in [0.4, 0.5) is 5.69 Å². The molecule has 1 amide bonds. The molecule has 0 aliphatic carbocycles. The topological polar surface area (TPSA) is 38.1 Å². The molecule has 1 aliphatic heterocycles. The summed E-state index contributed by atoms with van der Waals surface area (Å²) in [7, 11) is 0. The van der Waals surface area contributed by atoms with Crippen LogP contribution in [-0.4, -0.2) is 22.2 Å². The van der Waals surface area contributed by atoms with Gasteiger partial charge in [-0.25, -0.2) is 4.68 Å². The van der Waals surface area contributed by atoms with Gasteiger partial charge in [-0.1, -0.05) is 60.1 Å². The molecule has 0 bridgehead atoms. The number of nitrogens with zero attached hydrogens (tertiary/aromatic N) is 3. The van der Waals surface area contributed by atoms with Gasteiger partial charge in [-0.05, 0) is 6.07 Å². The minimum Gasteiger partial charge on any atom is -0.302 e.